The Labute approximate surface area is 254 Å². The van der Waals surface area contributed by atoms with E-state index in [1.54, 1.807) is 0 Å². The molecule has 3 aliphatic rings. The van der Waals surface area contributed by atoms with E-state index in [2.05, 4.69) is 65.8 Å². The zero-order valence-corrected chi connectivity index (χ0v) is 28.1. The Balaban J connectivity index is 0.00000387. The molecule has 0 aliphatic carbocycles. The molecule has 0 spiro atoms. The molecular weight excluding hydrogens is 564 g/mol. The molecule has 2 aromatic heterocycles. The van der Waals surface area contributed by atoms with Crippen LogP contribution in [0.15, 0.2) is 24.3 Å². The summed E-state index contributed by atoms with van der Waals surface area (Å²) in [4.78, 5) is 32.3. The van der Waals surface area contributed by atoms with E-state index in [0.717, 1.165) is 85.0 Å². The van der Waals surface area contributed by atoms with E-state index in [1.165, 1.54) is 7.11 Å². The van der Waals surface area contributed by atoms with Crippen LogP contribution in [-0.2, 0) is 40.8 Å². The molecule has 0 radical (unpaired) electrons. The van der Waals surface area contributed by atoms with Crippen molar-refractivity contribution in [1.29, 1.82) is 5.26 Å². The minimum Gasteiger partial charge on any atom is -0.664 e. The van der Waals surface area contributed by atoms with Crippen molar-refractivity contribution in [1.82, 2.24) is 19.9 Å². The number of allylic oxidation sites excluding steroid dienone is 4. The van der Waals surface area contributed by atoms with Gasteiger partial charge in [0.25, 0.3) is 0 Å². The molecule has 0 fully saturated rings. The topological polar surface area (TPSA) is 104 Å². The molecule has 5 rings (SSSR count). The first kappa shape index (κ1) is 30.4. The zero-order chi connectivity index (χ0) is 28.8. The number of carbonyl (C=O) groups excluding carboxylic acids is 1. The first-order valence-corrected chi connectivity index (χ1v) is 13.8. The van der Waals surface area contributed by atoms with Crippen molar-refractivity contribution >= 4 is 39.3 Å². The average molecular weight is 599 g/mol. The third-order valence-corrected chi connectivity index (χ3v) is 8.36. The van der Waals surface area contributed by atoms with Gasteiger partial charge < -0.3 is 14.7 Å². The first-order chi connectivity index (χ1) is 19.0. The Bertz CT molecular complexity index is 1710. The monoisotopic (exact) mass is 597 g/mol. The van der Waals surface area contributed by atoms with E-state index in [0.29, 0.717) is 19.3 Å². The second kappa shape index (κ2) is 11.7. The van der Waals surface area contributed by atoms with Crippen LogP contribution in [0.5, 0.6) is 0 Å². The summed E-state index contributed by atoms with van der Waals surface area (Å²) in [7, 11) is 1.40. The van der Waals surface area contributed by atoms with Crippen LogP contribution < -0.4 is 9.97 Å². The average Bonchev–Trinajstić information content (AvgIpc) is 3.56. The summed E-state index contributed by atoms with van der Waals surface area (Å²) in [6.07, 6.45) is 2.38. The van der Waals surface area contributed by atoms with Crippen molar-refractivity contribution < 1.29 is 29.0 Å². The van der Waals surface area contributed by atoms with Gasteiger partial charge in [-0.05, 0) is 74.7 Å². The summed E-state index contributed by atoms with van der Waals surface area (Å²) >= 11 is 0. The van der Waals surface area contributed by atoms with E-state index >= 15 is 0 Å². The molecule has 0 aromatic carbocycles. The fourth-order valence-electron chi connectivity index (χ4n) is 5.55. The van der Waals surface area contributed by atoms with Crippen LogP contribution in [0.1, 0.15) is 98.7 Å². The Hall–Kier alpha value is -3.56. The van der Waals surface area contributed by atoms with Crippen LogP contribution in [0.2, 0.25) is 0 Å². The number of hydrogen-bond acceptors (Lipinski definition) is 5. The molecule has 2 aromatic rings. The van der Waals surface area contributed by atoms with Crippen molar-refractivity contribution in [2.24, 2.45) is 0 Å². The van der Waals surface area contributed by atoms with Crippen LogP contribution in [0, 0.1) is 25.2 Å². The molecule has 3 aliphatic heterocycles. The Kier molecular flexibility index (Phi) is 8.71. The van der Waals surface area contributed by atoms with Crippen LogP contribution in [0.3, 0.4) is 0 Å². The molecule has 41 heavy (non-hydrogen) atoms. The van der Waals surface area contributed by atoms with E-state index in [1.807, 2.05) is 6.07 Å². The van der Waals surface area contributed by atoms with Gasteiger partial charge in [-0.3, -0.25) is 4.79 Å². The summed E-state index contributed by atoms with van der Waals surface area (Å²) in [5, 5.41) is 9.44. The predicted molar refractivity (Wildman–Crippen MR) is 158 cm³/mol. The molecular formula is C33H35N5O2Zn. The van der Waals surface area contributed by atoms with E-state index in [4.69, 9.17) is 24.7 Å². The van der Waals surface area contributed by atoms with Gasteiger partial charge in [-0.15, -0.1) is 11.0 Å². The van der Waals surface area contributed by atoms with Crippen LogP contribution in [-0.4, -0.2) is 23.0 Å². The Morgan fingerprint density at radius 2 is 1.46 bits per heavy atom. The number of nitrogens with zero attached hydrogens (tertiary/aromatic N) is 5. The summed E-state index contributed by atoms with van der Waals surface area (Å²) < 4.78 is 4.94. The molecule has 206 valence electrons. The van der Waals surface area contributed by atoms with E-state index in [9.17, 15) is 10.1 Å². The minimum absolute atomic E-state index is 0. The summed E-state index contributed by atoms with van der Waals surface area (Å²) in [6, 6.07) is 10.5. The van der Waals surface area contributed by atoms with Crippen LogP contribution >= 0.6 is 0 Å². The van der Waals surface area contributed by atoms with Crippen molar-refractivity contribution in [3.05, 3.63) is 69.6 Å². The molecule has 5 heterocycles. The molecule has 0 atom stereocenters. The molecule has 0 N–H and O–H groups in total. The smallest absolute Gasteiger partial charge is 0.664 e. The third kappa shape index (κ3) is 5.79. The van der Waals surface area contributed by atoms with Crippen LogP contribution in [0.4, 0.5) is 0 Å². The van der Waals surface area contributed by atoms with Gasteiger partial charge >= 0.3 is 25.4 Å². The van der Waals surface area contributed by atoms with Crippen molar-refractivity contribution in [2.45, 2.75) is 79.1 Å². The number of aryl methyl sites for hydroxylation is 2. The summed E-state index contributed by atoms with van der Waals surface area (Å²) in [5.74, 6) is -0.276. The van der Waals surface area contributed by atoms with Gasteiger partial charge in [-0.25, -0.2) is 9.97 Å². The number of nitriles is 1. The molecule has 7 nitrogen and oxygen atoms in total. The molecule has 0 unspecified atom stereocenters. The number of aromatic nitrogens is 4. The van der Waals surface area contributed by atoms with Gasteiger partial charge in [0.1, 0.15) is 0 Å². The number of methoxy groups -OCH3 is 1. The minimum atomic E-state index is -0.276. The summed E-state index contributed by atoms with van der Waals surface area (Å²) in [5.41, 5.74) is 13.3. The number of fused-ring (bicyclic) bond motifs is 8. The Morgan fingerprint density at radius 1 is 0.902 bits per heavy atom. The zero-order valence-electron chi connectivity index (χ0n) is 25.1. The first-order valence-electron chi connectivity index (χ1n) is 13.8. The molecule has 8 bridgehead atoms. The predicted octanol–water partition coefficient (Wildman–Crippen LogP) is 6.55. The van der Waals surface area contributed by atoms with Crippen LogP contribution in [0.25, 0.3) is 33.3 Å². The number of rotatable bonds is 5. The maximum absolute atomic E-state index is 12.1. The van der Waals surface area contributed by atoms with E-state index < -0.39 is 0 Å². The number of esters is 1. The molecule has 0 saturated heterocycles. The maximum atomic E-state index is 12.1. The number of ether oxygens (including phenoxy) is 1. The third-order valence-electron chi connectivity index (χ3n) is 8.36. The number of carbonyl (C=O) groups is 1. The van der Waals surface area contributed by atoms with Gasteiger partial charge in [0.2, 0.25) is 0 Å². The standard InChI is InChI=1S/C33H35N5O2.Zn/c1-18-19(2)26-14-27-20(3)21(4)28(37-27)15-29-23(9-8-12-34)24(10-11-32(39)40-7)30(38-29)16-31-33(5,6)17-22(35-31)13-25(18)36-26;/h13-16H,8-11,17H2,1-7H3;/q-2;+2. The molecule has 0 amide bonds. The largest absolute Gasteiger partial charge is 2.00 e. The SMILES string of the molecule is COC(=O)CCC1=C(CCC#N)c2cc3[n-]c(cc4nc(cc5[n-]c(cc1n2)C(C)(C)C5)C(C)=C4C)c(C)c3C.[Zn+2]. The van der Waals surface area contributed by atoms with Gasteiger partial charge in [0.15, 0.2) is 0 Å². The Morgan fingerprint density at radius 3 is 2.10 bits per heavy atom. The number of hydrogen-bond donors (Lipinski definition) is 0. The van der Waals surface area contributed by atoms with Crippen molar-refractivity contribution in [3.63, 3.8) is 0 Å². The van der Waals surface area contributed by atoms with Crippen molar-refractivity contribution in [2.75, 3.05) is 7.11 Å². The molecule has 8 heteroatoms. The van der Waals surface area contributed by atoms with Gasteiger partial charge in [-0.1, -0.05) is 49.2 Å². The molecule has 0 saturated carbocycles. The summed E-state index contributed by atoms with van der Waals surface area (Å²) in [6.45, 7) is 12.8. The second-order valence-corrected chi connectivity index (χ2v) is 11.5. The van der Waals surface area contributed by atoms with Gasteiger partial charge in [0.05, 0.1) is 36.0 Å². The van der Waals surface area contributed by atoms with E-state index in [-0.39, 0.29) is 37.3 Å². The fraction of sp³-hybridized carbons (Fsp3) is 0.394. The second-order valence-electron chi connectivity index (χ2n) is 11.5. The fourth-order valence-corrected chi connectivity index (χ4v) is 5.55. The van der Waals surface area contributed by atoms with Gasteiger partial charge in [0, 0.05) is 12.8 Å². The normalized spacial score (nSPS) is 14.9. The quantitative estimate of drug-likeness (QED) is 0.284. The maximum Gasteiger partial charge on any atom is 2.00 e. The van der Waals surface area contributed by atoms with Gasteiger partial charge in [-0.2, -0.15) is 16.6 Å². The van der Waals surface area contributed by atoms with Crippen molar-refractivity contribution in [3.8, 4) is 6.07 Å².